The van der Waals surface area contributed by atoms with E-state index in [9.17, 15) is 0 Å². The van der Waals surface area contributed by atoms with Crippen LogP contribution in [0.25, 0.3) is 28.1 Å². The maximum atomic E-state index is 4.79. The molecule has 5 aromatic heterocycles. The second-order valence-electron chi connectivity index (χ2n) is 6.82. The van der Waals surface area contributed by atoms with E-state index in [0.29, 0.717) is 12.6 Å². The summed E-state index contributed by atoms with van der Waals surface area (Å²) in [4.78, 5) is 9.07. The molecule has 0 aromatic carbocycles. The first-order chi connectivity index (χ1) is 13.2. The Kier molecular flexibility index (Phi) is 3.49. The predicted molar refractivity (Wildman–Crippen MR) is 101 cm³/mol. The third kappa shape index (κ3) is 2.75. The lowest BCUT2D eigenvalue weighted by molar-refractivity contribution is 0.532. The molecule has 0 bridgehead atoms. The first-order valence-corrected chi connectivity index (χ1v) is 8.84. The number of hydrogen-bond donors (Lipinski definition) is 0. The van der Waals surface area contributed by atoms with Crippen molar-refractivity contribution in [1.29, 1.82) is 0 Å². The lowest BCUT2D eigenvalue weighted by atomic mass is 10.2. The molecule has 5 rings (SSSR count). The fraction of sp³-hybridized carbons (Fsp3) is 0.211. The normalized spacial score (nSPS) is 11.8. The number of hydrogen-bond acceptors (Lipinski definition) is 5. The van der Waals surface area contributed by atoms with Crippen molar-refractivity contribution in [3.63, 3.8) is 0 Å². The van der Waals surface area contributed by atoms with Gasteiger partial charge in [0.1, 0.15) is 11.2 Å². The molecule has 0 amide bonds. The predicted octanol–water partition coefficient (Wildman–Crippen LogP) is 2.97. The number of pyridine rings is 2. The summed E-state index contributed by atoms with van der Waals surface area (Å²) in [5.74, 6) is 0. The second-order valence-corrected chi connectivity index (χ2v) is 6.82. The molecule has 0 unspecified atom stereocenters. The van der Waals surface area contributed by atoms with Crippen molar-refractivity contribution in [3.8, 4) is 11.3 Å². The van der Waals surface area contributed by atoms with Crippen LogP contribution in [0.5, 0.6) is 0 Å². The molecule has 0 fully saturated rings. The Morgan fingerprint density at radius 1 is 1.07 bits per heavy atom. The first-order valence-electron chi connectivity index (χ1n) is 8.84. The molecular formula is C19H18N8. The van der Waals surface area contributed by atoms with Crippen molar-refractivity contribution in [2.24, 2.45) is 0 Å². The van der Waals surface area contributed by atoms with Crippen LogP contribution in [0.4, 0.5) is 0 Å². The number of imidazole rings is 1. The topological polar surface area (TPSA) is 78.7 Å². The van der Waals surface area contributed by atoms with Crippen molar-refractivity contribution in [3.05, 3.63) is 60.8 Å². The van der Waals surface area contributed by atoms with Gasteiger partial charge in [0, 0.05) is 36.4 Å². The number of nitrogens with zero attached hydrogens (tertiary/aromatic N) is 8. The average molecular weight is 358 g/mol. The molecule has 0 radical (unpaired) electrons. The fourth-order valence-corrected chi connectivity index (χ4v) is 3.11. The van der Waals surface area contributed by atoms with E-state index in [0.717, 1.165) is 33.6 Å². The van der Waals surface area contributed by atoms with Crippen LogP contribution in [0.2, 0.25) is 0 Å². The van der Waals surface area contributed by atoms with Crippen molar-refractivity contribution >= 4 is 16.8 Å². The van der Waals surface area contributed by atoms with Gasteiger partial charge in [-0.3, -0.25) is 4.68 Å². The van der Waals surface area contributed by atoms with Crippen molar-refractivity contribution in [1.82, 2.24) is 39.1 Å². The van der Waals surface area contributed by atoms with Crippen LogP contribution in [-0.4, -0.2) is 39.1 Å². The van der Waals surface area contributed by atoms with Gasteiger partial charge in [0.15, 0.2) is 5.65 Å². The van der Waals surface area contributed by atoms with Gasteiger partial charge >= 0.3 is 0 Å². The second kappa shape index (κ2) is 6.01. The highest BCUT2D eigenvalue weighted by Crippen LogP contribution is 2.21. The summed E-state index contributed by atoms with van der Waals surface area (Å²) in [7, 11) is 0. The van der Waals surface area contributed by atoms with Gasteiger partial charge < -0.3 is 4.40 Å². The Morgan fingerprint density at radius 3 is 2.85 bits per heavy atom. The Morgan fingerprint density at radius 2 is 2.00 bits per heavy atom. The van der Waals surface area contributed by atoms with E-state index in [-0.39, 0.29) is 0 Å². The van der Waals surface area contributed by atoms with E-state index in [1.807, 2.05) is 62.8 Å². The highest BCUT2D eigenvalue weighted by atomic mass is 15.4. The number of fused-ring (bicyclic) bond motifs is 2. The zero-order valence-electron chi connectivity index (χ0n) is 15.1. The van der Waals surface area contributed by atoms with Gasteiger partial charge in [0.05, 0.1) is 18.4 Å². The minimum absolute atomic E-state index is 0.313. The summed E-state index contributed by atoms with van der Waals surface area (Å²) in [6.07, 6.45) is 9.62. The first kappa shape index (κ1) is 15.7. The van der Waals surface area contributed by atoms with Gasteiger partial charge in [-0.2, -0.15) is 5.10 Å². The van der Waals surface area contributed by atoms with Crippen LogP contribution >= 0.6 is 0 Å². The molecule has 0 spiro atoms. The summed E-state index contributed by atoms with van der Waals surface area (Å²) in [6.45, 7) is 4.79. The van der Waals surface area contributed by atoms with Crippen LogP contribution in [0, 0.1) is 0 Å². The van der Waals surface area contributed by atoms with E-state index in [4.69, 9.17) is 4.98 Å². The lowest BCUT2D eigenvalue weighted by Gasteiger charge is -2.05. The Balaban J connectivity index is 1.52. The van der Waals surface area contributed by atoms with E-state index >= 15 is 0 Å². The summed E-state index contributed by atoms with van der Waals surface area (Å²) in [5.41, 5.74) is 5.41. The fourth-order valence-electron chi connectivity index (χ4n) is 3.11. The van der Waals surface area contributed by atoms with Gasteiger partial charge in [0.2, 0.25) is 0 Å². The maximum absolute atomic E-state index is 4.79. The van der Waals surface area contributed by atoms with Crippen molar-refractivity contribution in [2.75, 3.05) is 0 Å². The maximum Gasteiger partial charge on any atom is 0.179 e. The summed E-state index contributed by atoms with van der Waals surface area (Å²) >= 11 is 0. The molecule has 0 aliphatic heterocycles. The monoisotopic (exact) mass is 358 g/mol. The van der Waals surface area contributed by atoms with Crippen LogP contribution in [0.3, 0.4) is 0 Å². The van der Waals surface area contributed by atoms with Gasteiger partial charge in [-0.1, -0.05) is 11.3 Å². The molecule has 0 N–H and O–H groups in total. The van der Waals surface area contributed by atoms with Crippen LogP contribution in [0.15, 0.2) is 55.2 Å². The summed E-state index contributed by atoms with van der Waals surface area (Å²) < 4.78 is 5.74. The molecule has 5 aromatic rings. The third-order valence-corrected chi connectivity index (χ3v) is 4.57. The molecule has 0 aliphatic carbocycles. The summed E-state index contributed by atoms with van der Waals surface area (Å²) in [5, 5.41) is 12.9. The average Bonchev–Trinajstić information content (AvgIpc) is 3.41. The minimum Gasteiger partial charge on any atom is -0.307 e. The number of rotatable bonds is 4. The molecule has 0 saturated carbocycles. The molecule has 0 aliphatic rings. The van der Waals surface area contributed by atoms with E-state index in [1.54, 1.807) is 6.20 Å². The zero-order valence-corrected chi connectivity index (χ0v) is 15.1. The molecule has 0 saturated heterocycles. The van der Waals surface area contributed by atoms with E-state index < -0.39 is 0 Å². The van der Waals surface area contributed by atoms with Crippen molar-refractivity contribution < 1.29 is 0 Å². The Bertz CT molecular complexity index is 1240. The molecule has 8 heteroatoms. The van der Waals surface area contributed by atoms with Gasteiger partial charge in [-0.15, -0.1) is 5.10 Å². The lowest BCUT2D eigenvalue weighted by Crippen LogP contribution is -2.04. The zero-order chi connectivity index (χ0) is 18.4. The summed E-state index contributed by atoms with van der Waals surface area (Å²) in [6, 6.07) is 8.26. The minimum atomic E-state index is 0.313. The van der Waals surface area contributed by atoms with Gasteiger partial charge in [-0.05, 0) is 37.6 Å². The van der Waals surface area contributed by atoms with Crippen molar-refractivity contribution in [2.45, 2.75) is 26.4 Å². The SMILES string of the molecule is CC(C)n1cc(-c2ccc3nnn(Cc4ccc5nccn5c4)c3n2)cn1. The molecule has 0 atom stereocenters. The third-order valence-electron chi connectivity index (χ3n) is 4.57. The molecule has 5 heterocycles. The van der Waals surface area contributed by atoms with E-state index in [1.165, 1.54) is 0 Å². The molecule has 8 nitrogen and oxygen atoms in total. The smallest absolute Gasteiger partial charge is 0.179 e. The van der Waals surface area contributed by atoms with Crippen LogP contribution < -0.4 is 0 Å². The largest absolute Gasteiger partial charge is 0.307 e. The van der Waals surface area contributed by atoms with Gasteiger partial charge in [-0.25, -0.2) is 14.6 Å². The molecule has 134 valence electrons. The highest BCUT2D eigenvalue weighted by Gasteiger charge is 2.11. The Labute approximate surface area is 155 Å². The van der Waals surface area contributed by atoms with E-state index in [2.05, 4.69) is 34.2 Å². The Hall–Kier alpha value is -3.55. The van der Waals surface area contributed by atoms with Crippen LogP contribution in [0.1, 0.15) is 25.5 Å². The highest BCUT2D eigenvalue weighted by molar-refractivity contribution is 5.74. The quantitative estimate of drug-likeness (QED) is 0.493. The molecular weight excluding hydrogens is 340 g/mol. The van der Waals surface area contributed by atoms with Crippen LogP contribution in [-0.2, 0) is 6.54 Å². The standard InChI is InChI=1S/C19H18N8/c1-13(2)26-12-15(9-21-26)16-4-5-17-19(22-16)27(24-23-17)11-14-3-6-18-20-7-8-25(18)10-14/h3-10,12-13H,11H2,1-2H3. The number of aromatic nitrogens is 8. The van der Waals surface area contributed by atoms with Gasteiger partial charge in [0.25, 0.3) is 0 Å². The molecule has 27 heavy (non-hydrogen) atoms.